The number of anilines is 1. The van der Waals surface area contributed by atoms with Crippen LogP contribution in [0.15, 0.2) is 66.9 Å². The van der Waals surface area contributed by atoms with Crippen LogP contribution in [0.4, 0.5) is 11.4 Å². The monoisotopic (exact) mass is 539 g/mol. The minimum atomic E-state index is -1.24. The third kappa shape index (κ3) is 5.32. The van der Waals surface area contributed by atoms with E-state index in [-0.39, 0.29) is 11.6 Å². The summed E-state index contributed by atoms with van der Waals surface area (Å²) in [7, 11) is 2.02. The van der Waals surface area contributed by atoms with Crippen molar-refractivity contribution in [3.8, 4) is 11.4 Å². The molecule has 1 fully saturated rings. The first kappa shape index (κ1) is 27.1. The average molecular weight is 540 g/mol. The Hall–Kier alpha value is -4.53. The minimum Gasteiger partial charge on any atom is -0.342 e. The summed E-state index contributed by atoms with van der Waals surface area (Å²) < 4.78 is 2.13. The summed E-state index contributed by atoms with van der Waals surface area (Å²) in [5.74, 6) is -0.367. The van der Waals surface area contributed by atoms with Gasteiger partial charge < -0.3 is 15.2 Å². The van der Waals surface area contributed by atoms with Crippen molar-refractivity contribution < 1.29 is 14.5 Å². The van der Waals surface area contributed by atoms with Gasteiger partial charge in [-0.3, -0.25) is 24.7 Å². The number of pyridine rings is 1. The number of nitro benzene ring substituents is 1. The van der Waals surface area contributed by atoms with Gasteiger partial charge in [-0.05, 0) is 74.6 Å². The molecule has 9 heteroatoms. The van der Waals surface area contributed by atoms with Crippen molar-refractivity contribution in [2.45, 2.75) is 57.4 Å². The summed E-state index contributed by atoms with van der Waals surface area (Å²) in [6.45, 7) is 3.24. The SMILES string of the molecule is Cn1c(-c2ccccn2)c(C2CCCCC2)c2ccc(C(=O)NC(C)(C)C(=O)Nc3ccc([N+](=O)[O-])cc3)cc21. The molecule has 4 aromatic rings. The highest BCUT2D eigenvalue weighted by Crippen LogP contribution is 2.43. The second kappa shape index (κ2) is 10.9. The Morgan fingerprint density at radius 3 is 2.40 bits per heavy atom. The van der Waals surface area contributed by atoms with Crippen molar-refractivity contribution in [1.82, 2.24) is 14.9 Å². The summed E-state index contributed by atoms with van der Waals surface area (Å²) in [4.78, 5) is 41.4. The van der Waals surface area contributed by atoms with E-state index in [1.807, 2.05) is 43.4 Å². The van der Waals surface area contributed by atoms with Crippen LogP contribution in [0.25, 0.3) is 22.3 Å². The van der Waals surface area contributed by atoms with Crippen molar-refractivity contribution in [1.29, 1.82) is 0 Å². The molecule has 2 N–H and O–H groups in total. The molecule has 1 aliphatic carbocycles. The topological polar surface area (TPSA) is 119 Å². The van der Waals surface area contributed by atoms with Crippen LogP contribution in [0.1, 0.15) is 67.8 Å². The van der Waals surface area contributed by atoms with Gasteiger partial charge in [0.2, 0.25) is 5.91 Å². The van der Waals surface area contributed by atoms with Crippen LogP contribution in [0, 0.1) is 10.1 Å². The Kier molecular flexibility index (Phi) is 7.38. The molecular formula is C31H33N5O4. The number of aryl methyl sites for hydroxylation is 1. The molecule has 1 saturated carbocycles. The number of carbonyl (C=O) groups is 2. The van der Waals surface area contributed by atoms with Gasteiger partial charge in [-0.15, -0.1) is 0 Å². The molecule has 2 amide bonds. The van der Waals surface area contributed by atoms with Gasteiger partial charge in [0.15, 0.2) is 0 Å². The van der Waals surface area contributed by atoms with E-state index in [0.29, 0.717) is 17.2 Å². The number of hydrogen-bond donors (Lipinski definition) is 2. The number of nitrogens with zero attached hydrogens (tertiary/aromatic N) is 3. The summed E-state index contributed by atoms with van der Waals surface area (Å²) >= 11 is 0. The van der Waals surface area contributed by atoms with E-state index in [1.54, 1.807) is 20.0 Å². The number of benzene rings is 2. The summed E-state index contributed by atoms with van der Waals surface area (Å²) in [5, 5.41) is 17.6. The summed E-state index contributed by atoms with van der Waals surface area (Å²) in [5.41, 5.74) is 3.79. The van der Waals surface area contributed by atoms with Crippen LogP contribution in [-0.4, -0.2) is 31.8 Å². The fourth-order valence-corrected chi connectivity index (χ4v) is 5.59. The molecule has 0 radical (unpaired) electrons. The molecule has 0 spiro atoms. The number of hydrogen-bond acceptors (Lipinski definition) is 5. The first-order valence-electron chi connectivity index (χ1n) is 13.6. The number of carbonyl (C=O) groups excluding carboxylic acids is 2. The van der Waals surface area contributed by atoms with Gasteiger partial charge in [0, 0.05) is 47.5 Å². The maximum Gasteiger partial charge on any atom is 0.269 e. The smallest absolute Gasteiger partial charge is 0.269 e. The van der Waals surface area contributed by atoms with E-state index >= 15 is 0 Å². The van der Waals surface area contributed by atoms with Gasteiger partial charge in [0.25, 0.3) is 11.6 Å². The largest absolute Gasteiger partial charge is 0.342 e. The predicted molar refractivity (Wildman–Crippen MR) is 155 cm³/mol. The van der Waals surface area contributed by atoms with E-state index in [2.05, 4.69) is 20.2 Å². The van der Waals surface area contributed by atoms with Crippen LogP contribution >= 0.6 is 0 Å². The number of nitrogens with one attached hydrogen (secondary N) is 2. The van der Waals surface area contributed by atoms with Crippen LogP contribution in [0.2, 0.25) is 0 Å². The number of amides is 2. The van der Waals surface area contributed by atoms with Gasteiger partial charge in [0.05, 0.1) is 16.3 Å². The Labute approximate surface area is 232 Å². The maximum atomic E-state index is 13.4. The van der Waals surface area contributed by atoms with Crippen molar-refractivity contribution in [2.75, 3.05) is 5.32 Å². The van der Waals surface area contributed by atoms with Crippen LogP contribution in [0.3, 0.4) is 0 Å². The second-order valence-corrected chi connectivity index (χ2v) is 10.9. The van der Waals surface area contributed by atoms with Gasteiger partial charge in [-0.25, -0.2) is 0 Å². The lowest BCUT2D eigenvalue weighted by Crippen LogP contribution is -2.52. The fourth-order valence-electron chi connectivity index (χ4n) is 5.59. The minimum absolute atomic E-state index is 0.0699. The Bertz CT molecular complexity index is 1570. The molecule has 40 heavy (non-hydrogen) atoms. The second-order valence-electron chi connectivity index (χ2n) is 10.9. The highest BCUT2D eigenvalue weighted by atomic mass is 16.6. The number of non-ortho nitro benzene ring substituents is 1. The van der Waals surface area contributed by atoms with Crippen LogP contribution < -0.4 is 10.6 Å². The van der Waals surface area contributed by atoms with Crippen molar-refractivity contribution in [2.24, 2.45) is 7.05 Å². The zero-order valence-corrected chi connectivity index (χ0v) is 22.9. The molecule has 0 aliphatic heterocycles. The van der Waals surface area contributed by atoms with Gasteiger partial charge in [-0.1, -0.05) is 31.4 Å². The zero-order valence-electron chi connectivity index (χ0n) is 22.9. The van der Waals surface area contributed by atoms with Crippen LogP contribution in [0.5, 0.6) is 0 Å². The maximum absolute atomic E-state index is 13.4. The Balaban J connectivity index is 1.42. The molecule has 2 aromatic carbocycles. The van der Waals surface area contributed by atoms with Gasteiger partial charge in [-0.2, -0.15) is 0 Å². The molecular weight excluding hydrogens is 506 g/mol. The number of aromatic nitrogens is 2. The van der Waals surface area contributed by atoms with E-state index in [4.69, 9.17) is 0 Å². The normalized spacial score (nSPS) is 14.2. The van der Waals surface area contributed by atoms with Crippen LogP contribution in [-0.2, 0) is 11.8 Å². The third-order valence-electron chi connectivity index (χ3n) is 7.75. The first-order chi connectivity index (χ1) is 19.2. The summed E-state index contributed by atoms with van der Waals surface area (Å²) in [6.07, 6.45) is 7.76. The number of nitro groups is 1. The Morgan fingerprint density at radius 1 is 1.02 bits per heavy atom. The first-order valence-corrected chi connectivity index (χ1v) is 13.6. The molecule has 1 aliphatic rings. The van der Waals surface area contributed by atoms with Crippen molar-refractivity contribution in [3.63, 3.8) is 0 Å². The fraction of sp³-hybridized carbons (Fsp3) is 0.323. The van der Waals surface area contributed by atoms with Gasteiger partial charge >= 0.3 is 0 Å². The van der Waals surface area contributed by atoms with Crippen molar-refractivity contribution in [3.05, 3.63) is 88.1 Å². The molecule has 0 atom stereocenters. The van der Waals surface area contributed by atoms with Crippen molar-refractivity contribution >= 4 is 34.1 Å². The lowest BCUT2D eigenvalue weighted by atomic mass is 9.82. The van der Waals surface area contributed by atoms with E-state index in [0.717, 1.165) is 35.1 Å². The zero-order chi connectivity index (χ0) is 28.4. The van der Waals surface area contributed by atoms with E-state index in [1.165, 1.54) is 49.1 Å². The molecule has 0 unspecified atom stereocenters. The molecule has 2 aromatic heterocycles. The lowest BCUT2D eigenvalue weighted by Gasteiger charge is -2.25. The Morgan fingerprint density at radius 2 is 1.75 bits per heavy atom. The lowest BCUT2D eigenvalue weighted by molar-refractivity contribution is -0.384. The average Bonchev–Trinajstić information content (AvgIpc) is 3.25. The molecule has 0 bridgehead atoms. The molecule has 0 saturated heterocycles. The third-order valence-corrected chi connectivity index (χ3v) is 7.75. The summed E-state index contributed by atoms with van der Waals surface area (Å²) in [6, 6.07) is 17.2. The van der Waals surface area contributed by atoms with Gasteiger partial charge in [0.1, 0.15) is 5.54 Å². The standard InChI is InChI=1S/C31H33N5O4/c1-31(2,30(38)33-22-13-15-23(16-14-22)36(39)40)34-29(37)21-12-17-24-26(19-21)35(3)28(25-11-7-8-18-32-25)27(24)20-9-5-4-6-10-20/h7-8,11-20H,4-6,9-10H2,1-3H3,(H,33,38)(H,34,37). The number of rotatable bonds is 7. The van der Waals surface area contributed by atoms with E-state index in [9.17, 15) is 19.7 Å². The number of fused-ring (bicyclic) bond motifs is 1. The molecule has 2 heterocycles. The van der Waals surface area contributed by atoms with E-state index < -0.39 is 16.4 Å². The highest BCUT2D eigenvalue weighted by molar-refractivity contribution is 6.05. The predicted octanol–water partition coefficient (Wildman–Crippen LogP) is 6.34. The quantitative estimate of drug-likeness (QED) is 0.210. The molecule has 5 rings (SSSR count). The highest BCUT2D eigenvalue weighted by Gasteiger charge is 2.31. The molecule has 206 valence electrons. The molecule has 9 nitrogen and oxygen atoms in total.